The Hall–Kier alpha value is -8.34. The lowest BCUT2D eigenvalue weighted by Crippen LogP contribution is -1.95. The van der Waals surface area contributed by atoms with Gasteiger partial charge < -0.3 is 4.57 Å². The van der Waals surface area contributed by atoms with Crippen LogP contribution in [0.15, 0.2) is 231 Å². The van der Waals surface area contributed by atoms with Gasteiger partial charge in [0.25, 0.3) is 5.69 Å². The van der Waals surface area contributed by atoms with Gasteiger partial charge in [0.05, 0.1) is 16.0 Å². The maximum absolute atomic E-state index is 11.6. The molecule has 0 fully saturated rings. The number of hydrogen-bond acceptors (Lipinski definition) is 2. The van der Waals surface area contributed by atoms with Gasteiger partial charge in [-0.25, -0.2) is 0 Å². The van der Waals surface area contributed by atoms with E-state index in [2.05, 4.69) is 199 Å². The van der Waals surface area contributed by atoms with Crippen LogP contribution in [0.4, 0.5) is 5.69 Å². The van der Waals surface area contributed by atoms with Crippen LogP contribution in [0, 0.1) is 10.1 Å². The van der Waals surface area contributed by atoms with Gasteiger partial charge in [0.15, 0.2) is 0 Å². The molecule has 294 valence electrons. The van der Waals surface area contributed by atoms with Crippen molar-refractivity contribution in [3.05, 3.63) is 274 Å². The van der Waals surface area contributed by atoms with Crippen molar-refractivity contribution >= 4 is 50.8 Å². The van der Waals surface area contributed by atoms with Gasteiger partial charge in [-0.05, 0) is 115 Å². The van der Waals surface area contributed by atoms with Gasteiger partial charge in [0, 0.05) is 28.6 Å². The molecule has 62 heavy (non-hydrogen) atoms. The summed E-state index contributed by atoms with van der Waals surface area (Å²) < 4.78 is 2.20. The zero-order valence-electron chi connectivity index (χ0n) is 33.8. The summed E-state index contributed by atoms with van der Waals surface area (Å²) in [6, 6.07) is 79.6. The van der Waals surface area contributed by atoms with Crippen molar-refractivity contribution in [2.45, 2.75) is 0 Å². The summed E-state index contributed by atoms with van der Waals surface area (Å²) in [7, 11) is 0. The van der Waals surface area contributed by atoms with Crippen LogP contribution >= 0.6 is 0 Å². The largest absolute Gasteiger partial charge is 0.309 e. The third-order valence-corrected chi connectivity index (χ3v) is 11.5. The number of nitro groups is 1. The monoisotopic (exact) mass is 796 g/mol. The zero-order chi connectivity index (χ0) is 41.8. The van der Waals surface area contributed by atoms with Crippen molar-refractivity contribution in [1.82, 2.24) is 4.57 Å². The molecule has 10 aromatic rings. The number of aromatic nitrogens is 1. The van der Waals surface area contributed by atoms with E-state index in [0.717, 1.165) is 94.3 Å². The van der Waals surface area contributed by atoms with Crippen molar-refractivity contribution < 1.29 is 4.92 Å². The van der Waals surface area contributed by atoms with Crippen LogP contribution in [0.5, 0.6) is 0 Å². The van der Waals surface area contributed by atoms with Gasteiger partial charge in [-0.15, -0.1) is 0 Å². The normalized spacial score (nSPS) is 11.9. The lowest BCUT2D eigenvalue weighted by Gasteiger charge is -2.11. The summed E-state index contributed by atoms with van der Waals surface area (Å²) in [6.07, 6.45) is 4.50. The van der Waals surface area contributed by atoms with Crippen molar-refractivity contribution in [3.63, 3.8) is 0 Å². The molecular formula is C58H40N2O2. The number of nitro benzene ring substituents is 1. The Kier molecular flexibility index (Phi) is 10.2. The quantitative estimate of drug-likeness (QED) is 0.0786. The average Bonchev–Trinajstić information content (AvgIpc) is 3.67. The molecule has 0 amide bonds. The first-order valence-corrected chi connectivity index (χ1v) is 20.7. The Morgan fingerprint density at radius 3 is 1.13 bits per heavy atom. The first-order chi connectivity index (χ1) is 30.6. The SMILES string of the molecule is O=[N+]([O-])c1ccc(-n2c3ccc(-c4ccc(/C(=C/c5ccccc5)c5ccccc5)cc4)cc3c3cc(-c4ccc(/C(=C/c5ccccc5)c5ccccc5)cc4)ccc32)cc1. The van der Waals surface area contributed by atoms with Gasteiger partial charge in [-0.1, -0.05) is 182 Å². The predicted octanol–water partition coefficient (Wildman–Crippen LogP) is 15.2. The molecule has 0 aliphatic carbocycles. The molecule has 4 nitrogen and oxygen atoms in total. The Morgan fingerprint density at radius 1 is 0.387 bits per heavy atom. The van der Waals surface area contributed by atoms with Crippen LogP contribution in [0.3, 0.4) is 0 Å². The van der Waals surface area contributed by atoms with E-state index in [9.17, 15) is 10.1 Å². The molecule has 0 N–H and O–H groups in total. The number of benzene rings is 9. The molecule has 0 spiro atoms. The zero-order valence-corrected chi connectivity index (χ0v) is 33.8. The molecule has 0 atom stereocenters. The van der Waals surface area contributed by atoms with Crippen LogP contribution in [-0.2, 0) is 0 Å². The Bertz CT molecular complexity index is 3050. The Balaban J connectivity index is 1.06. The summed E-state index contributed by atoms with van der Waals surface area (Å²) in [5, 5.41) is 13.8. The van der Waals surface area contributed by atoms with Crippen LogP contribution in [0.25, 0.3) is 73.0 Å². The van der Waals surface area contributed by atoms with E-state index in [1.54, 1.807) is 12.1 Å². The molecule has 0 bridgehead atoms. The molecule has 0 aliphatic heterocycles. The van der Waals surface area contributed by atoms with Gasteiger partial charge in [0.2, 0.25) is 0 Å². The van der Waals surface area contributed by atoms with Crippen molar-refractivity contribution in [1.29, 1.82) is 0 Å². The van der Waals surface area contributed by atoms with Crippen LogP contribution in [0.2, 0.25) is 0 Å². The molecule has 10 rings (SSSR count). The number of nitrogens with zero attached hydrogens (tertiary/aromatic N) is 2. The fourth-order valence-electron chi connectivity index (χ4n) is 8.40. The standard InChI is InChI=1S/C58H40N2O2/c61-60(62)52-33-31-51(32-34-52)59-57-35-29-49(43-21-25-47(26-22-43)53(45-17-9-3-10-18-45)37-41-13-5-1-6-14-41)39-55(57)56-40-50(30-36-58(56)59)44-23-27-48(28-24-44)54(46-19-11-4-12-20-46)38-42-15-7-2-8-16-42/h1-40H/b53-37+,54-38+. The maximum atomic E-state index is 11.6. The van der Waals surface area contributed by atoms with Crippen LogP contribution < -0.4 is 0 Å². The van der Waals surface area contributed by atoms with E-state index in [1.165, 1.54) is 0 Å². The Morgan fingerprint density at radius 2 is 0.742 bits per heavy atom. The highest BCUT2D eigenvalue weighted by Crippen LogP contribution is 2.39. The second kappa shape index (κ2) is 16.7. The molecule has 0 saturated carbocycles. The number of fused-ring (bicyclic) bond motifs is 3. The van der Waals surface area contributed by atoms with Gasteiger partial charge in [-0.2, -0.15) is 0 Å². The molecule has 0 saturated heterocycles. The van der Waals surface area contributed by atoms with Crippen molar-refractivity contribution in [3.8, 4) is 27.9 Å². The lowest BCUT2D eigenvalue weighted by atomic mass is 9.93. The van der Waals surface area contributed by atoms with E-state index in [-0.39, 0.29) is 10.6 Å². The highest BCUT2D eigenvalue weighted by molar-refractivity contribution is 6.11. The molecule has 1 aromatic heterocycles. The maximum Gasteiger partial charge on any atom is 0.269 e. The van der Waals surface area contributed by atoms with Gasteiger partial charge in [0.1, 0.15) is 0 Å². The number of non-ortho nitro benzene ring substituents is 1. The first-order valence-electron chi connectivity index (χ1n) is 20.7. The van der Waals surface area contributed by atoms with Gasteiger partial charge >= 0.3 is 0 Å². The minimum atomic E-state index is -0.356. The van der Waals surface area contributed by atoms with Gasteiger partial charge in [-0.3, -0.25) is 10.1 Å². The highest BCUT2D eigenvalue weighted by Gasteiger charge is 2.17. The predicted molar refractivity (Wildman–Crippen MR) is 258 cm³/mol. The minimum absolute atomic E-state index is 0.0639. The van der Waals surface area contributed by atoms with E-state index >= 15 is 0 Å². The Labute approximate surface area is 360 Å². The minimum Gasteiger partial charge on any atom is -0.309 e. The van der Waals surface area contributed by atoms with E-state index in [1.807, 2.05) is 36.4 Å². The fraction of sp³-hybridized carbons (Fsp3) is 0. The average molecular weight is 797 g/mol. The lowest BCUT2D eigenvalue weighted by molar-refractivity contribution is -0.384. The molecule has 1 heterocycles. The summed E-state index contributed by atoms with van der Waals surface area (Å²) in [6.45, 7) is 0. The third-order valence-electron chi connectivity index (χ3n) is 11.5. The molecule has 0 aliphatic rings. The van der Waals surface area contributed by atoms with Crippen molar-refractivity contribution in [2.24, 2.45) is 0 Å². The van der Waals surface area contributed by atoms with Crippen molar-refractivity contribution in [2.75, 3.05) is 0 Å². The molecule has 9 aromatic carbocycles. The first kappa shape index (κ1) is 37.9. The molecule has 4 heteroatoms. The van der Waals surface area contributed by atoms with E-state index < -0.39 is 0 Å². The number of rotatable bonds is 10. The van der Waals surface area contributed by atoms with E-state index in [0.29, 0.717) is 0 Å². The van der Waals surface area contributed by atoms with Crippen LogP contribution in [0.1, 0.15) is 33.4 Å². The highest BCUT2D eigenvalue weighted by atomic mass is 16.6. The summed E-state index contributed by atoms with van der Waals surface area (Å²) >= 11 is 0. The summed E-state index contributed by atoms with van der Waals surface area (Å²) in [4.78, 5) is 11.2. The number of hydrogen-bond donors (Lipinski definition) is 0. The fourth-order valence-corrected chi connectivity index (χ4v) is 8.40. The molecule has 0 unspecified atom stereocenters. The third kappa shape index (κ3) is 7.65. The van der Waals surface area contributed by atoms with Crippen LogP contribution in [-0.4, -0.2) is 9.49 Å². The second-order valence-corrected chi connectivity index (χ2v) is 15.4. The second-order valence-electron chi connectivity index (χ2n) is 15.4. The summed E-state index contributed by atoms with van der Waals surface area (Å²) in [5.41, 5.74) is 16.6. The topological polar surface area (TPSA) is 48.1 Å². The molecular weight excluding hydrogens is 757 g/mol. The van der Waals surface area contributed by atoms with E-state index in [4.69, 9.17) is 0 Å². The molecule has 0 radical (unpaired) electrons. The summed E-state index contributed by atoms with van der Waals surface area (Å²) in [5.74, 6) is 0. The smallest absolute Gasteiger partial charge is 0.269 e.